The summed E-state index contributed by atoms with van der Waals surface area (Å²) in [6.45, 7) is 0.609. The first kappa shape index (κ1) is 36.4. The predicted octanol–water partition coefficient (Wildman–Crippen LogP) is 6.11. The zero-order chi connectivity index (χ0) is 36.3. The fraction of sp³-hybridized carbons (Fsp3) is 0.216. The van der Waals surface area contributed by atoms with Crippen LogP contribution in [0.4, 0.5) is 17.6 Å². The van der Waals surface area contributed by atoms with E-state index in [2.05, 4.69) is 37.3 Å². The summed E-state index contributed by atoms with van der Waals surface area (Å²) in [6.07, 6.45) is 6.50. The van der Waals surface area contributed by atoms with Crippen LogP contribution in [-0.4, -0.2) is 46.5 Å². The number of hydrogen-bond donors (Lipinski definition) is 2. The van der Waals surface area contributed by atoms with Crippen LogP contribution in [0.2, 0.25) is 0 Å². The number of aliphatic hydroxyl groups is 1. The van der Waals surface area contributed by atoms with E-state index in [0.717, 1.165) is 53.8 Å². The third-order valence-electron chi connectivity index (χ3n) is 7.76. The average Bonchev–Trinajstić information content (AvgIpc) is 3.58. The monoisotopic (exact) mass is 699 g/mol. The highest BCUT2D eigenvalue weighted by Gasteiger charge is 2.57. The van der Waals surface area contributed by atoms with Crippen LogP contribution in [0.1, 0.15) is 39.1 Å². The molecule has 0 radical (unpaired) electrons. The van der Waals surface area contributed by atoms with E-state index in [1.54, 1.807) is 31.4 Å². The summed E-state index contributed by atoms with van der Waals surface area (Å²) in [5.41, 5.74) is -0.877. The van der Waals surface area contributed by atoms with Crippen molar-refractivity contribution < 1.29 is 32.1 Å². The molecule has 0 amide bonds. The highest BCUT2D eigenvalue weighted by atomic mass is 19.3. The molecule has 0 saturated heterocycles. The van der Waals surface area contributed by atoms with Gasteiger partial charge >= 0.3 is 5.92 Å². The maximum Gasteiger partial charge on any atom is 0.323 e. The van der Waals surface area contributed by atoms with Crippen LogP contribution in [0.5, 0.6) is 5.75 Å². The third kappa shape index (κ3) is 9.21. The van der Waals surface area contributed by atoms with Gasteiger partial charge in [-0.1, -0.05) is 41.3 Å². The second kappa shape index (κ2) is 16.7. The molecular formula is C37H33F4N7O3. The lowest BCUT2D eigenvalue weighted by molar-refractivity contribution is -0.193. The highest BCUT2D eigenvalue weighted by Crippen LogP contribution is 2.46. The smallest absolute Gasteiger partial charge is 0.323 e. The molecular weight excluding hydrogens is 666 g/mol. The Bertz CT molecular complexity index is 2020. The fourth-order valence-electron chi connectivity index (χ4n) is 5.00. The quantitative estimate of drug-likeness (QED) is 0.0274. The standard InChI is InChI=1S/C37H33F4N7O3/c1-50-17-16-30-20-46-48(22-30)21-28-4-6-29(7-5-28)23-51-32-12-8-26(9-13-32)2-3-27-10-15-35(44-19-27)37(40,41)36(49,24-43-25-45-47-42)33-14-11-31(38)18-34(33)39/h4-15,18-20,22,25,49H,16-17,21,23-24H2,1H3,(H2,42,43,45). The lowest BCUT2D eigenvalue weighted by Gasteiger charge is -2.34. The van der Waals surface area contributed by atoms with Gasteiger partial charge < -0.3 is 20.4 Å². The Morgan fingerprint density at radius 1 is 0.922 bits per heavy atom. The summed E-state index contributed by atoms with van der Waals surface area (Å²) in [7, 11) is 1.68. The summed E-state index contributed by atoms with van der Waals surface area (Å²) in [6, 6.07) is 19.2. The number of aliphatic imine (C=N–C) groups is 1. The molecule has 14 heteroatoms. The minimum atomic E-state index is -4.19. The van der Waals surface area contributed by atoms with E-state index < -0.39 is 41.0 Å². The predicted molar refractivity (Wildman–Crippen MR) is 181 cm³/mol. The molecule has 1 unspecified atom stereocenters. The number of pyridine rings is 1. The molecule has 51 heavy (non-hydrogen) atoms. The van der Waals surface area contributed by atoms with E-state index in [-0.39, 0.29) is 0 Å². The molecule has 0 spiro atoms. The van der Waals surface area contributed by atoms with Gasteiger partial charge in [-0.25, -0.2) is 8.78 Å². The van der Waals surface area contributed by atoms with Crippen LogP contribution in [0.3, 0.4) is 0 Å². The van der Waals surface area contributed by atoms with Crippen molar-refractivity contribution in [1.82, 2.24) is 14.8 Å². The van der Waals surface area contributed by atoms with Crippen molar-refractivity contribution in [3.63, 3.8) is 0 Å². The zero-order valence-electron chi connectivity index (χ0n) is 27.4. The van der Waals surface area contributed by atoms with Crippen LogP contribution in [0.25, 0.3) is 0 Å². The van der Waals surface area contributed by atoms with Crippen LogP contribution in [-0.2, 0) is 35.8 Å². The molecule has 1 atom stereocenters. The van der Waals surface area contributed by atoms with E-state index in [0.29, 0.717) is 42.7 Å². The normalized spacial score (nSPS) is 12.9. The molecule has 2 aromatic heterocycles. The summed E-state index contributed by atoms with van der Waals surface area (Å²) in [4.78, 5) is 7.38. The Kier molecular flexibility index (Phi) is 11.9. The van der Waals surface area contributed by atoms with Gasteiger partial charge in [-0.2, -0.15) is 13.9 Å². The summed E-state index contributed by atoms with van der Waals surface area (Å²) in [5.74, 6) is 4.70. The van der Waals surface area contributed by atoms with Gasteiger partial charge in [0.25, 0.3) is 0 Å². The number of nitrogens with two attached hydrogens (primary N) is 1. The van der Waals surface area contributed by atoms with Gasteiger partial charge in [0.1, 0.15) is 36.0 Å². The number of halogens is 4. The minimum absolute atomic E-state index is 0.301. The van der Waals surface area contributed by atoms with E-state index in [1.165, 1.54) is 6.07 Å². The Balaban J connectivity index is 1.20. The Labute approximate surface area is 291 Å². The molecule has 0 saturated carbocycles. The number of benzene rings is 3. The number of aromatic nitrogens is 3. The fourth-order valence-corrected chi connectivity index (χ4v) is 5.00. The SMILES string of the molecule is COCCc1cnn(Cc2ccc(COc3ccc(C#Cc4ccc(C(F)(F)C(O)(CN=CN=NN)c5ccc(F)cc5F)nc4)cc3)cc2)c1. The number of hydrogen-bond acceptors (Lipinski definition) is 7. The largest absolute Gasteiger partial charge is 0.489 e. The van der Waals surface area contributed by atoms with Crippen LogP contribution in [0.15, 0.2) is 113 Å². The van der Waals surface area contributed by atoms with Crippen molar-refractivity contribution in [2.24, 2.45) is 21.2 Å². The molecule has 2 heterocycles. The van der Waals surface area contributed by atoms with Gasteiger partial charge in [0.15, 0.2) is 5.60 Å². The van der Waals surface area contributed by atoms with Gasteiger partial charge in [-0.05, 0) is 71.6 Å². The van der Waals surface area contributed by atoms with E-state index in [1.807, 2.05) is 41.3 Å². The van der Waals surface area contributed by atoms with Gasteiger partial charge in [0.2, 0.25) is 0 Å². The summed E-state index contributed by atoms with van der Waals surface area (Å²) >= 11 is 0. The van der Waals surface area contributed by atoms with E-state index in [9.17, 15) is 13.9 Å². The van der Waals surface area contributed by atoms with Gasteiger partial charge in [-0.15, -0.1) is 5.11 Å². The maximum absolute atomic E-state index is 15.8. The Morgan fingerprint density at radius 3 is 2.33 bits per heavy atom. The van der Waals surface area contributed by atoms with Gasteiger partial charge in [0.05, 0.1) is 25.9 Å². The molecule has 5 rings (SSSR count). The zero-order valence-corrected chi connectivity index (χ0v) is 27.4. The first-order valence-corrected chi connectivity index (χ1v) is 15.5. The van der Waals surface area contributed by atoms with Crippen molar-refractivity contribution in [1.29, 1.82) is 0 Å². The molecule has 0 bridgehead atoms. The molecule has 0 aliphatic rings. The molecule has 0 fully saturated rings. The molecule has 10 nitrogen and oxygen atoms in total. The molecule has 0 aliphatic carbocycles. The maximum atomic E-state index is 15.8. The van der Waals surface area contributed by atoms with Crippen molar-refractivity contribution in [2.75, 3.05) is 20.3 Å². The number of rotatable bonds is 14. The highest BCUT2D eigenvalue weighted by molar-refractivity contribution is 5.54. The van der Waals surface area contributed by atoms with Crippen LogP contribution in [0, 0.1) is 23.5 Å². The number of ether oxygens (including phenoxy) is 2. The molecule has 262 valence electrons. The Hall–Kier alpha value is -5.91. The molecule has 3 N–H and O–H groups in total. The average molecular weight is 700 g/mol. The lowest BCUT2D eigenvalue weighted by atomic mass is 9.84. The first-order valence-electron chi connectivity index (χ1n) is 15.5. The van der Waals surface area contributed by atoms with Gasteiger partial charge in [-0.3, -0.25) is 14.7 Å². The summed E-state index contributed by atoms with van der Waals surface area (Å²) < 4.78 is 72.7. The van der Waals surface area contributed by atoms with E-state index in [4.69, 9.17) is 15.3 Å². The van der Waals surface area contributed by atoms with Crippen molar-refractivity contribution in [2.45, 2.75) is 31.1 Å². The minimum Gasteiger partial charge on any atom is -0.489 e. The lowest BCUT2D eigenvalue weighted by Crippen LogP contribution is -2.47. The topological polar surface area (TPSA) is 132 Å². The van der Waals surface area contributed by atoms with Crippen molar-refractivity contribution >= 4 is 6.34 Å². The van der Waals surface area contributed by atoms with E-state index >= 15 is 8.78 Å². The number of methoxy groups -OCH3 is 1. The third-order valence-corrected chi connectivity index (χ3v) is 7.76. The second-order valence-corrected chi connectivity index (χ2v) is 11.3. The molecule has 0 aliphatic heterocycles. The first-order chi connectivity index (χ1) is 24.6. The summed E-state index contributed by atoms with van der Waals surface area (Å²) in [5, 5.41) is 21.7. The van der Waals surface area contributed by atoms with Crippen LogP contribution >= 0.6 is 0 Å². The number of alkyl halides is 2. The molecule has 5 aromatic rings. The van der Waals surface area contributed by atoms with Crippen molar-refractivity contribution in [3.8, 4) is 17.6 Å². The molecule has 3 aromatic carbocycles. The van der Waals surface area contributed by atoms with Gasteiger partial charge in [0, 0.05) is 42.3 Å². The number of nitrogens with zero attached hydrogens (tertiary/aromatic N) is 6. The Morgan fingerprint density at radius 2 is 1.65 bits per heavy atom. The van der Waals surface area contributed by atoms with Crippen molar-refractivity contribution in [3.05, 3.63) is 148 Å². The second-order valence-electron chi connectivity index (χ2n) is 11.3. The van der Waals surface area contributed by atoms with Crippen LogP contribution < -0.4 is 10.6 Å².